The summed E-state index contributed by atoms with van der Waals surface area (Å²) < 4.78 is 88.3. The molecule has 2 aliphatic rings. The van der Waals surface area contributed by atoms with Crippen molar-refractivity contribution >= 4 is 0 Å². The highest BCUT2D eigenvalue weighted by atomic mass is 19.4. The number of unbranched alkanes of at least 4 members (excludes halogenated alkanes) is 1. The second kappa shape index (κ2) is 12.2. The van der Waals surface area contributed by atoms with Gasteiger partial charge in [0.05, 0.1) is 5.56 Å². The molecule has 2 aromatic rings. The van der Waals surface area contributed by atoms with E-state index in [1.54, 1.807) is 12.1 Å². The van der Waals surface area contributed by atoms with E-state index in [0.29, 0.717) is 18.1 Å². The zero-order valence-electron chi connectivity index (χ0n) is 21.7. The molecule has 0 aromatic heterocycles. The van der Waals surface area contributed by atoms with Gasteiger partial charge in [-0.05, 0) is 92.0 Å². The molecule has 2 aromatic carbocycles. The van der Waals surface area contributed by atoms with Crippen LogP contribution in [0.4, 0.5) is 26.3 Å². The molecule has 0 spiro atoms. The zero-order valence-corrected chi connectivity index (χ0v) is 21.7. The predicted molar refractivity (Wildman–Crippen MR) is 134 cm³/mol. The number of hydrogen-bond acceptors (Lipinski definition) is 2. The Morgan fingerprint density at radius 2 is 1.37 bits per heavy atom. The van der Waals surface area contributed by atoms with Crippen molar-refractivity contribution in [3.63, 3.8) is 0 Å². The Labute approximate surface area is 220 Å². The van der Waals surface area contributed by atoms with Gasteiger partial charge >= 0.3 is 12.5 Å². The smallest absolute Gasteiger partial charge is 0.429 e. The predicted octanol–water partition coefficient (Wildman–Crippen LogP) is 10.1. The third kappa shape index (κ3) is 7.60. The standard InChI is InChI=1S/C30H36F6O2/c1-2-3-4-20-5-7-21(8-6-20)22-9-11-23(12-10-22)24-13-15-25(16-14-24)29(32,33)37-26-17-18-28(27(31)19-26)38-30(34,35)36/h13-23H,2-12H2,1H3/t20-,21-,22?,23?. The van der Waals surface area contributed by atoms with Crippen molar-refractivity contribution in [1.29, 1.82) is 0 Å². The van der Waals surface area contributed by atoms with Gasteiger partial charge in [0.25, 0.3) is 0 Å². The Morgan fingerprint density at radius 1 is 0.763 bits per heavy atom. The molecule has 0 atom stereocenters. The van der Waals surface area contributed by atoms with Gasteiger partial charge < -0.3 is 9.47 Å². The first-order valence-corrected chi connectivity index (χ1v) is 13.8. The van der Waals surface area contributed by atoms with Crippen LogP contribution in [-0.2, 0) is 6.11 Å². The van der Waals surface area contributed by atoms with Gasteiger partial charge in [-0.15, -0.1) is 13.2 Å². The van der Waals surface area contributed by atoms with E-state index in [1.165, 1.54) is 69.9 Å². The van der Waals surface area contributed by atoms with Crippen LogP contribution in [0, 0.1) is 23.6 Å². The first-order chi connectivity index (χ1) is 18.0. The van der Waals surface area contributed by atoms with Gasteiger partial charge in [0, 0.05) is 6.07 Å². The Morgan fingerprint density at radius 3 is 1.92 bits per heavy atom. The molecule has 0 aliphatic heterocycles. The quantitative estimate of drug-likeness (QED) is 0.294. The summed E-state index contributed by atoms with van der Waals surface area (Å²) in [7, 11) is 0. The average Bonchev–Trinajstić information content (AvgIpc) is 2.89. The van der Waals surface area contributed by atoms with E-state index in [-0.39, 0.29) is 0 Å². The average molecular weight is 543 g/mol. The molecule has 210 valence electrons. The van der Waals surface area contributed by atoms with E-state index in [9.17, 15) is 26.3 Å². The maximum Gasteiger partial charge on any atom is 0.573 e. The summed E-state index contributed by atoms with van der Waals surface area (Å²) in [4.78, 5) is 0. The molecule has 0 radical (unpaired) electrons. The number of rotatable bonds is 9. The van der Waals surface area contributed by atoms with Crippen LogP contribution >= 0.6 is 0 Å². The number of ether oxygens (including phenoxy) is 2. The molecule has 2 fully saturated rings. The highest BCUT2D eigenvalue weighted by Gasteiger charge is 2.37. The Bertz CT molecular complexity index is 1020. The molecule has 2 aliphatic carbocycles. The van der Waals surface area contributed by atoms with Gasteiger partial charge in [-0.2, -0.15) is 8.78 Å². The van der Waals surface area contributed by atoms with Crippen molar-refractivity contribution in [2.45, 2.75) is 95.9 Å². The molecule has 0 unspecified atom stereocenters. The molecule has 0 N–H and O–H groups in total. The monoisotopic (exact) mass is 542 g/mol. The Hall–Kier alpha value is -2.38. The molecular weight excluding hydrogens is 506 g/mol. The van der Waals surface area contributed by atoms with Crippen molar-refractivity contribution in [3.8, 4) is 11.5 Å². The van der Waals surface area contributed by atoms with Crippen molar-refractivity contribution in [2.75, 3.05) is 0 Å². The van der Waals surface area contributed by atoms with E-state index in [0.717, 1.165) is 42.2 Å². The first kappa shape index (κ1) is 28.6. The van der Waals surface area contributed by atoms with E-state index >= 15 is 0 Å². The van der Waals surface area contributed by atoms with Gasteiger partial charge in [-0.25, -0.2) is 4.39 Å². The molecule has 2 saturated carbocycles. The fourth-order valence-corrected chi connectivity index (χ4v) is 6.27. The highest BCUT2D eigenvalue weighted by molar-refractivity contribution is 5.34. The molecule has 0 heterocycles. The van der Waals surface area contributed by atoms with E-state index < -0.39 is 35.4 Å². The van der Waals surface area contributed by atoms with E-state index in [1.807, 2.05) is 0 Å². The maximum absolute atomic E-state index is 14.7. The minimum absolute atomic E-state index is 0.339. The summed E-state index contributed by atoms with van der Waals surface area (Å²) in [5, 5.41) is 0. The molecule has 38 heavy (non-hydrogen) atoms. The van der Waals surface area contributed by atoms with Crippen LogP contribution in [0.1, 0.15) is 94.6 Å². The third-order valence-electron chi connectivity index (χ3n) is 8.39. The van der Waals surface area contributed by atoms with Crippen LogP contribution in [0.15, 0.2) is 42.5 Å². The molecule has 0 saturated heterocycles. The van der Waals surface area contributed by atoms with Crippen LogP contribution in [0.25, 0.3) is 0 Å². The number of hydrogen-bond donors (Lipinski definition) is 0. The molecule has 2 nitrogen and oxygen atoms in total. The largest absolute Gasteiger partial charge is 0.573 e. The van der Waals surface area contributed by atoms with Crippen LogP contribution < -0.4 is 9.47 Å². The van der Waals surface area contributed by atoms with Crippen molar-refractivity contribution in [2.24, 2.45) is 17.8 Å². The van der Waals surface area contributed by atoms with Gasteiger partial charge in [-0.3, -0.25) is 0 Å². The van der Waals surface area contributed by atoms with E-state index in [4.69, 9.17) is 0 Å². The second-order valence-electron chi connectivity index (χ2n) is 10.9. The fraction of sp³-hybridized carbons (Fsp3) is 0.600. The summed E-state index contributed by atoms with van der Waals surface area (Å²) in [6.07, 6.45) is 4.97. The normalized spacial score (nSPS) is 24.7. The number of benzene rings is 2. The summed E-state index contributed by atoms with van der Waals surface area (Å²) in [5.41, 5.74) is 0.608. The van der Waals surface area contributed by atoms with Gasteiger partial charge in [0.15, 0.2) is 11.6 Å². The maximum atomic E-state index is 14.7. The third-order valence-corrected chi connectivity index (χ3v) is 8.39. The molecule has 8 heteroatoms. The SMILES string of the molecule is CCCC[C@H]1CC[C@H](C2CCC(c3ccc(C(F)(F)Oc4ccc(OC(F)(F)F)c(F)c4)cc3)CC2)CC1. The molecular formula is C30H36F6O2. The first-order valence-electron chi connectivity index (χ1n) is 13.8. The number of halogens is 6. The number of alkyl halides is 5. The zero-order chi connectivity index (χ0) is 27.3. The lowest BCUT2D eigenvalue weighted by atomic mass is 9.68. The van der Waals surface area contributed by atoms with Gasteiger partial charge in [0.2, 0.25) is 0 Å². The Balaban J connectivity index is 1.29. The van der Waals surface area contributed by atoms with Crippen molar-refractivity contribution in [1.82, 2.24) is 0 Å². The van der Waals surface area contributed by atoms with Crippen molar-refractivity contribution < 1.29 is 35.8 Å². The minimum atomic E-state index is -5.10. The van der Waals surface area contributed by atoms with E-state index in [2.05, 4.69) is 16.4 Å². The highest BCUT2D eigenvalue weighted by Crippen LogP contribution is 2.45. The summed E-state index contributed by atoms with van der Waals surface area (Å²) in [6, 6.07) is 7.84. The molecule has 0 amide bonds. The molecule has 0 bridgehead atoms. The second-order valence-corrected chi connectivity index (χ2v) is 10.9. The lowest BCUT2D eigenvalue weighted by Gasteiger charge is -2.38. The Kier molecular flexibility index (Phi) is 9.19. The van der Waals surface area contributed by atoms with Crippen LogP contribution in [-0.4, -0.2) is 6.36 Å². The summed E-state index contributed by atoms with van der Waals surface area (Å²) in [6.45, 7) is 2.25. The fourth-order valence-electron chi connectivity index (χ4n) is 6.27. The van der Waals surface area contributed by atoms with Gasteiger partial charge in [0.1, 0.15) is 5.75 Å². The summed E-state index contributed by atoms with van der Waals surface area (Å²) in [5.74, 6) is -0.340. The lowest BCUT2D eigenvalue weighted by molar-refractivity contribution is -0.275. The van der Waals surface area contributed by atoms with Crippen molar-refractivity contribution in [3.05, 3.63) is 59.4 Å². The van der Waals surface area contributed by atoms with Gasteiger partial charge in [-0.1, -0.05) is 51.2 Å². The molecule has 4 rings (SSSR count). The summed E-state index contributed by atoms with van der Waals surface area (Å²) >= 11 is 0. The van der Waals surface area contributed by atoms with Crippen LogP contribution in [0.5, 0.6) is 11.5 Å². The van der Waals surface area contributed by atoms with Crippen LogP contribution in [0.2, 0.25) is 0 Å². The topological polar surface area (TPSA) is 18.5 Å². The van der Waals surface area contributed by atoms with Crippen LogP contribution in [0.3, 0.4) is 0 Å². The minimum Gasteiger partial charge on any atom is -0.429 e. The lowest BCUT2D eigenvalue weighted by Crippen LogP contribution is -2.25.